The molecule has 0 aliphatic carbocycles. The monoisotopic (exact) mass is 453 g/mol. The number of rotatable bonds is 8. The Kier molecular flexibility index (Phi) is 7.44. The Morgan fingerprint density at radius 1 is 1.07 bits per heavy atom. The third kappa shape index (κ3) is 5.87. The molecule has 0 bridgehead atoms. The van der Waals surface area contributed by atoms with E-state index >= 15 is 0 Å². The van der Waals surface area contributed by atoms with Gasteiger partial charge < -0.3 is 9.30 Å². The molecule has 2 aromatic carbocycles. The number of aromatic nitrogens is 3. The van der Waals surface area contributed by atoms with Crippen LogP contribution in [0.15, 0.2) is 47.6 Å². The van der Waals surface area contributed by atoms with Gasteiger partial charge in [0.15, 0.2) is 17.1 Å². The third-order valence-corrected chi connectivity index (χ3v) is 5.76. The van der Waals surface area contributed by atoms with Crippen molar-refractivity contribution in [1.82, 2.24) is 14.8 Å². The van der Waals surface area contributed by atoms with Gasteiger partial charge in [-0.15, -0.1) is 10.2 Å². The second-order valence-electron chi connectivity index (χ2n) is 7.08. The van der Waals surface area contributed by atoms with E-state index in [0.29, 0.717) is 27.5 Å². The van der Waals surface area contributed by atoms with Gasteiger partial charge in [-0.3, -0.25) is 0 Å². The molecule has 3 aromatic rings. The Balaban J connectivity index is 1.79. The summed E-state index contributed by atoms with van der Waals surface area (Å²) in [5.41, 5.74) is 0.984. The highest BCUT2D eigenvalue weighted by Gasteiger charge is 2.20. The summed E-state index contributed by atoms with van der Waals surface area (Å²) in [5.74, 6) is 2.07. The molecule has 29 heavy (non-hydrogen) atoms. The van der Waals surface area contributed by atoms with Gasteiger partial charge in [0.05, 0.1) is 0 Å². The molecular formula is C21H22Cl2FN3OS. The summed E-state index contributed by atoms with van der Waals surface area (Å²) in [7, 11) is 0. The minimum atomic E-state index is -0.333. The summed E-state index contributed by atoms with van der Waals surface area (Å²) in [6, 6.07) is 11.4. The van der Waals surface area contributed by atoms with E-state index in [1.807, 2.05) is 19.1 Å². The van der Waals surface area contributed by atoms with Crippen molar-refractivity contribution in [2.45, 2.75) is 44.3 Å². The van der Waals surface area contributed by atoms with Gasteiger partial charge in [0.1, 0.15) is 11.6 Å². The van der Waals surface area contributed by atoms with Crippen LogP contribution in [0.25, 0.3) is 0 Å². The second-order valence-corrected chi connectivity index (χ2v) is 8.87. The van der Waals surface area contributed by atoms with Gasteiger partial charge in [0, 0.05) is 22.3 Å². The normalized spacial score (nSPS) is 12.4. The van der Waals surface area contributed by atoms with E-state index in [4.69, 9.17) is 27.9 Å². The number of ether oxygens (including phenoxy) is 1. The Morgan fingerprint density at radius 3 is 2.45 bits per heavy atom. The molecule has 154 valence electrons. The Labute approximate surface area is 184 Å². The van der Waals surface area contributed by atoms with Crippen LogP contribution in [0.4, 0.5) is 4.39 Å². The van der Waals surface area contributed by atoms with Crippen molar-refractivity contribution in [1.29, 1.82) is 0 Å². The predicted molar refractivity (Wildman–Crippen MR) is 116 cm³/mol. The molecule has 0 saturated heterocycles. The quantitative estimate of drug-likeness (QED) is 0.351. The molecule has 0 fully saturated rings. The molecule has 0 radical (unpaired) electrons. The zero-order chi connectivity index (χ0) is 21.0. The van der Waals surface area contributed by atoms with Crippen LogP contribution in [0.2, 0.25) is 10.0 Å². The third-order valence-electron chi connectivity index (χ3n) is 4.16. The lowest BCUT2D eigenvalue weighted by molar-refractivity contribution is 0.207. The summed E-state index contributed by atoms with van der Waals surface area (Å²) in [6.07, 6.45) is -0.333. The standard InChI is InChI=1S/C21H22Cl2FN3OS/c1-13(2)11-27-20(14(3)28-18-8-6-17(24)7-9-18)25-26-21(27)29-12-15-4-5-16(22)10-19(15)23/h4-10,13-14H,11-12H2,1-3H3. The summed E-state index contributed by atoms with van der Waals surface area (Å²) >= 11 is 13.8. The van der Waals surface area contributed by atoms with Crippen LogP contribution in [0.1, 0.15) is 38.3 Å². The van der Waals surface area contributed by atoms with Crippen LogP contribution >= 0.6 is 35.0 Å². The molecule has 1 unspecified atom stereocenters. The number of hydrogen-bond donors (Lipinski definition) is 0. The average molecular weight is 454 g/mol. The van der Waals surface area contributed by atoms with E-state index in [1.165, 1.54) is 12.1 Å². The van der Waals surface area contributed by atoms with Gasteiger partial charge in [-0.25, -0.2) is 4.39 Å². The van der Waals surface area contributed by atoms with Crippen LogP contribution in [0.5, 0.6) is 5.75 Å². The lowest BCUT2D eigenvalue weighted by Gasteiger charge is -2.18. The van der Waals surface area contributed by atoms with Crippen LogP contribution in [0, 0.1) is 11.7 Å². The lowest BCUT2D eigenvalue weighted by Crippen LogP contribution is -2.15. The van der Waals surface area contributed by atoms with Gasteiger partial charge in [-0.05, 0) is 54.8 Å². The maximum Gasteiger partial charge on any atom is 0.191 e. The van der Waals surface area contributed by atoms with Crippen LogP contribution < -0.4 is 4.74 Å². The largest absolute Gasteiger partial charge is 0.483 e. The molecule has 0 amide bonds. The first-order valence-corrected chi connectivity index (χ1v) is 11.0. The van der Waals surface area contributed by atoms with Crippen molar-refractivity contribution in [2.24, 2.45) is 5.92 Å². The van der Waals surface area contributed by atoms with Gasteiger partial charge in [0.2, 0.25) is 0 Å². The minimum Gasteiger partial charge on any atom is -0.483 e. The highest BCUT2D eigenvalue weighted by atomic mass is 35.5. The molecule has 3 rings (SSSR count). The van der Waals surface area contributed by atoms with E-state index in [2.05, 4.69) is 28.6 Å². The van der Waals surface area contributed by atoms with Crippen LogP contribution in [-0.2, 0) is 12.3 Å². The van der Waals surface area contributed by atoms with E-state index < -0.39 is 0 Å². The fourth-order valence-corrected chi connectivity index (χ4v) is 4.31. The van der Waals surface area contributed by atoms with Gasteiger partial charge >= 0.3 is 0 Å². The van der Waals surface area contributed by atoms with E-state index in [9.17, 15) is 4.39 Å². The van der Waals surface area contributed by atoms with Crippen LogP contribution in [-0.4, -0.2) is 14.8 Å². The lowest BCUT2D eigenvalue weighted by atomic mass is 10.2. The number of thioether (sulfide) groups is 1. The average Bonchev–Trinajstić information content (AvgIpc) is 3.05. The zero-order valence-electron chi connectivity index (χ0n) is 16.4. The summed E-state index contributed by atoms with van der Waals surface area (Å²) in [6.45, 7) is 6.95. The molecular weight excluding hydrogens is 432 g/mol. The maximum absolute atomic E-state index is 13.1. The van der Waals surface area contributed by atoms with E-state index in [1.54, 1.807) is 30.0 Å². The topological polar surface area (TPSA) is 39.9 Å². The van der Waals surface area contributed by atoms with Crippen molar-refractivity contribution < 1.29 is 9.13 Å². The first-order chi connectivity index (χ1) is 13.8. The first kappa shape index (κ1) is 21.9. The molecule has 0 saturated carbocycles. The fraction of sp³-hybridized carbons (Fsp3) is 0.333. The predicted octanol–water partition coefficient (Wildman–Crippen LogP) is 6.81. The van der Waals surface area contributed by atoms with Crippen molar-refractivity contribution in [3.05, 3.63) is 69.7 Å². The fourth-order valence-electron chi connectivity index (χ4n) is 2.80. The van der Waals surface area contributed by atoms with Crippen molar-refractivity contribution in [3.63, 3.8) is 0 Å². The van der Waals surface area contributed by atoms with Crippen molar-refractivity contribution in [3.8, 4) is 5.75 Å². The first-order valence-electron chi connectivity index (χ1n) is 9.25. The molecule has 1 aromatic heterocycles. The summed E-state index contributed by atoms with van der Waals surface area (Å²) in [5, 5.41) is 10.8. The number of nitrogens with zero attached hydrogens (tertiary/aromatic N) is 3. The van der Waals surface area contributed by atoms with Crippen LogP contribution in [0.3, 0.4) is 0 Å². The Bertz CT molecular complexity index is 963. The zero-order valence-corrected chi connectivity index (χ0v) is 18.7. The van der Waals surface area contributed by atoms with Gasteiger partial charge in [-0.2, -0.15) is 0 Å². The van der Waals surface area contributed by atoms with Crippen molar-refractivity contribution >= 4 is 35.0 Å². The smallest absolute Gasteiger partial charge is 0.191 e. The SMILES string of the molecule is CC(C)Cn1c(SCc2ccc(Cl)cc2Cl)nnc1C(C)Oc1ccc(F)cc1. The summed E-state index contributed by atoms with van der Waals surface area (Å²) < 4.78 is 21.2. The van der Waals surface area contributed by atoms with Gasteiger partial charge in [-0.1, -0.05) is 54.9 Å². The van der Waals surface area contributed by atoms with E-state index in [0.717, 1.165) is 23.1 Å². The summed E-state index contributed by atoms with van der Waals surface area (Å²) in [4.78, 5) is 0. The molecule has 1 heterocycles. The van der Waals surface area contributed by atoms with Crippen molar-refractivity contribution in [2.75, 3.05) is 0 Å². The highest BCUT2D eigenvalue weighted by Crippen LogP contribution is 2.30. The van der Waals surface area contributed by atoms with Gasteiger partial charge in [0.25, 0.3) is 0 Å². The number of hydrogen-bond acceptors (Lipinski definition) is 4. The molecule has 8 heteroatoms. The maximum atomic E-state index is 13.1. The molecule has 0 aliphatic heterocycles. The minimum absolute atomic E-state index is 0.299. The highest BCUT2D eigenvalue weighted by molar-refractivity contribution is 7.98. The Morgan fingerprint density at radius 2 is 1.79 bits per heavy atom. The second kappa shape index (κ2) is 9.83. The molecule has 4 nitrogen and oxygen atoms in total. The van der Waals surface area contributed by atoms with E-state index in [-0.39, 0.29) is 11.9 Å². The Hall–Kier alpha value is -1.76. The number of halogens is 3. The molecule has 0 aliphatic rings. The molecule has 1 atom stereocenters. The molecule has 0 N–H and O–H groups in total. The molecule has 0 spiro atoms. The number of benzene rings is 2.